The summed E-state index contributed by atoms with van der Waals surface area (Å²) in [6, 6.07) is 0.869. The minimum Gasteiger partial charge on any atom is -0.468 e. The number of methoxy groups -OCH3 is 1. The summed E-state index contributed by atoms with van der Waals surface area (Å²) in [7, 11) is 1.47. The number of esters is 1. The molecule has 1 aliphatic rings. The van der Waals surface area contributed by atoms with E-state index >= 15 is 0 Å². The summed E-state index contributed by atoms with van der Waals surface area (Å²) in [5.41, 5.74) is -0.558. The summed E-state index contributed by atoms with van der Waals surface area (Å²) in [4.78, 5) is 14.4. The maximum absolute atomic E-state index is 12.0. The summed E-state index contributed by atoms with van der Waals surface area (Å²) in [6.45, 7) is 10.5. The Morgan fingerprint density at radius 1 is 1.44 bits per heavy atom. The van der Waals surface area contributed by atoms with Crippen molar-refractivity contribution in [3.05, 3.63) is 0 Å². The van der Waals surface area contributed by atoms with Crippen molar-refractivity contribution in [3.63, 3.8) is 0 Å². The van der Waals surface area contributed by atoms with Crippen LogP contribution in [-0.2, 0) is 9.53 Å². The fourth-order valence-electron chi connectivity index (χ4n) is 2.67. The maximum Gasteiger partial charge on any atom is 0.325 e. The number of rotatable bonds is 8. The SMILES string of the molecule is CCN(CC)C(C)CC(C)(NC1CC1)C(=O)OC. The number of hydrogen-bond acceptors (Lipinski definition) is 4. The van der Waals surface area contributed by atoms with E-state index < -0.39 is 5.54 Å². The molecule has 0 amide bonds. The molecule has 1 fully saturated rings. The van der Waals surface area contributed by atoms with Crippen LogP contribution in [0.25, 0.3) is 0 Å². The predicted octanol–water partition coefficient (Wildman–Crippen LogP) is 1.79. The molecule has 0 aliphatic heterocycles. The molecule has 0 heterocycles. The Bertz CT molecular complexity index is 275. The Balaban J connectivity index is 2.67. The van der Waals surface area contributed by atoms with Crippen molar-refractivity contribution in [2.75, 3.05) is 20.2 Å². The number of hydrogen-bond donors (Lipinski definition) is 1. The molecule has 0 aromatic carbocycles. The molecule has 1 saturated carbocycles. The highest BCUT2D eigenvalue weighted by Crippen LogP contribution is 2.26. The molecule has 1 aliphatic carbocycles. The molecule has 106 valence electrons. The minimum absolute atomic E-state index is 0.145. The van der Waals surface area contributed by atoms with Gasteiger partial charge in [-0.05, 0) is 46.2 Å². The third-order valence-electron chi connectivity index (χ3n) is 3.88. The van der Waals surface area contributed by atoms with Crippen molar-refractivity contribution in [2.45, 2.75) is 64.6 Å². The van der Waals surface area contributed by atoms with E-state index in [1.165, 1.54) is 20.0 Å². The van der Waals surface area contributed by atoms with Crippen molar-refractivity contribution < 1.29 is 9.53 Å². The van der Waals surface area contributed by atoms with E-state index in [1.54, 1.807) is 0 Å². The summed E-state index contributed by atoms with van der Waals surface area (Å²) in [5, 5.41) is 3.45. The number of carbonyl (C=O) groups is 1. The highest BCUT2D eigenvalue weighted by molar-refractivity contribution is 5.80. The standard InChI is InChI=1S/C14H28N2O2/c1-6-16(7-2)11(3)10-14(4,13(17)18-5)15-12-8-9-12/h11-12,15H,6-10H2,1-5H3. The van der Waals surface area contributed by atoms with Crippen molar-refractivity contribution in [1.29, 1.82) is 0 Å². The lowest BCUT2D eigenvalue weighted by Gasteiger charge is -2.35. The van der Waals surface area contributed by atoms with Gasteiger partial charge in [-0.1, -0.05) is 13.8 Å². The Hall–Kier alpha value is -0.610. The summed E-state index contributed by atoms with van der Waals surface area (Å²) in [6.07, 6.45) is 3.14. The molecule has 0 spiro atoms. The average Bonchev–Trinajstić information content (AvgIpc) is 3.13. The van der Waals surface area contributed by atoms with Crippen molar-refractivity contribution >= 4 is 5.97 Å². The molecule has 1 N–H and O–H groups in total. The molecular formula is C14H28N2O2. The van der Waals surface area contributed by atoms with Gasteiger partial charge in [0.15, 0.2) is 0 Å². The van der Waals surface area contributed by atoms with Crippen LogP contribution >= 0.6 is 0 Å². The van der Waals surface area contributed by atoms with Crippen LogP contribution in [-0.4, -0.2) is 48.7 Å². The second-order valence-electron chi connectivity index (χ2n) is 5.52. The van der Waals surface area contributed by atoms with Crippen LogP contribution in [0.15, 0.2) is 0 Å². The number of nitrogens with one attached hydrogen (secondary N) is 1. The molecule has 0 bridgehead atoms. The Kier molecular flexibility index (Phi) is 5.60. The van der Waals surface area contributed by atoms with Gasteiger partial charge in [-0.25, -0.2) is 0 Å². The van der Waals surface area contributed by atoms with Gasteiger partial charge in [0.25, 0.3) is 0 Å². The van der Waals surface area contributed by atoms with E-state index in [4.69, 9.17) is 4.74 Å². The molecular weight excluding hydrogens is 228 g/mol. The van der Waals surface area contributed by atoms with Crippen LogP contribution in [0.1, 0.15) is 47.0 Å². The Morgan fingerprint density at radius 3 is 2.39 bits per heavy atom. The zero-order chi connectivity index (χ0) is 13.8. The molecule has 0 saturated heterocycles. The Morgan fingerprint density at radius 2 is 2.00 bits per heavy atom. The monoisotopic (exact) mass is 256 g/mol. The van der Waals surface area contributed by atoms with Crippen LogP contribution < -0.4 is 5.32 Å². The van der Waals surface area contributed by atoms with E-state index in [2.05, 4.69) is 31.0 Å². The highest BCUT2D eigenvalue weighted by Gasteiger charge is 2.40. The van der Waals surface area contributed by atoms with Crippen LogP contribution in [0.3, 0.4) is 0 Å². The summed E-state index contributed by atoms with van der Waals surface area (Å²) in [5.74, 6) is -0.145. The van der Waals surface area contributed by atoms with Gasteiger partial charge >= 0.3 is 5.97 Å². The molecule has 1 rings (SSSR count). The maximum atomic E-state index is 12.0. The summed E-state index contributed by atoms with van der Waals surface area (Å²) >= 11 is 0. The molecule has 2 atom stereocenters. The molecule has 0 aromatic rings. The zero-order valence-electron chi connectivity index (χ0n) is 12.5. The lowest BCUT2D eigenvalue weighted by molar-refractivity contribution is -0.149. The quantitative estimate of drug-likeness (QED) is 0.672. The van der Waals surface area contributed by atoms with Gasteiger partial charge in [-0.15, -0.1) is 0 Å². The van der Waals surface area contributed by atoms with Gasteiger partial charge in [0.1, 0.15) is 5.54 Å². The lowest BCUT2D eigenvalue weighted by atomic mass is 9.92. The van der Waals surface area contributed by atoms with Crippen LogP contribution in [0.4, 0.5) is 0 Å². The third-order valence-corrected chi connectivity index (χ3v) is 3.88. The zero-order valence-corrected chi connectivity index (χ0v) is 12.5. The van der Waals surface area contributed by atoms with E-state index in [9.17, 15) is 4.79 Å². The second-order valence-corrected chi connectivity index (χ2v) is 5.52. The average molecular weight is 256 g/mol. The Labute approximate surface area is 111 Å². The van der Waals surface area contributed by atoms with Gasteiger partial charge in [-0.3, -0.25) is 10.1 Å². The first kappa shape index (κ1) is 15.4. The molecule has 0 radical (unpaired) electrons. The predicted molar refractivity (Wildman–Crippen MR) is 73.6 cm³/mol. The smallest absolute Gasteiger partial charge is 0.325 e. The van der Waals surface area contributed by atoms with Gasteiger partial charge in [-0.2, -0.15) is 0 Å². The lowest BCUT2D eigenvalue weighted by Crippen LogP contribution is -2.54. The fraction of sp³-hybridized carbons (Fsp3) is 0.929. The highest BCUT2D eigenvalue weighted by atomic mass is 16.5. The van der Waals surface area contributed by atoms with Crippen LogP contribution in [0, 0.1) is 0 Å². The van der Waals surface area contributed by atoms with Crippen molar-refractivity contribution in [1.82, 2.24) is 10.2 Å². The molecule has 18 heavy (non-hydrogen) atoms. The van der Waals surface area contributed by atoms with E-state index in [-0.39, 0.29) is 5.97 Å². The van der Waals surface area contributed by atoms with Crippen LogP contribution in [0.2, 0.25) is 0 Å². The van der Waals surface area contributed by atoms with E-state index in [0.29, 0.717) is 12.1 Å². The fourth-order valence-corrected chi connectivity index (χ4v) is 2.67. The normalized spacial score (nSPS) is 20.6. The minimum atomic E-state index is -0.558. The molecule has 4 nitrogen and oxygen atoms in total. The number of carbonyl (C=O) groups excluding carboxylic acids is 1. The topological polar surface area (TPSA) is 41.6 Å². The van der Waals surface area contributed by atoms with Crippen molar-refractivity contribution in [3.8, 4) is 0 Å². The summed E-state index contributed by atoms with van der Waals surface area (Å²) < 4.78 is 4.97. The molecule has 4 heteroatoms. The number of nitrogens with zero attached hydrogens (tertiary/aromatic N) is 1. The van der Waals surface area contributed by atoms with E-state index in [0.717, 1.165) is 19.5 Å². The van der Waals surface area contributed by atoms with Gasteiger partial charge in [0, 0.05) is 12.1 Å². The second kappa shape index (κ2) is 6.53. The van der Waals surface area contributed by atoms with Gasteiger partial charge in [0.05, 0.1) is 7.11 Å². The van der Waals surface area contributed by atoms with Gasteiger partial charge in [0.2, 0.25) is 0 Å². The largest absolute Gasteiger partial charge is 0.468 e. The van der Waals surface area contributed by atoms with Crippen LogP contribution in [0.5, 0.6) is 0 Å². The van der Waals surface area contributed by atoms with E-state index in [1.807, 2.05) is 6.92 Å². The molecule has 0 aromatic heterocycles. The third kappa shape index (κ3) is 3.95. The molecule has 2 unspecified atom stereocenters. The first-order chi connectivity index (χ1) is 8.46. The van der Waals surface area contributed by atoms with Crippen molar-refractivity contribution in [2.24, 2.45) is 0 Å². The van der Waals surface area contributed by atoms with Gasteiger partial charge < -0.3 is 9.64 Å². The first-order valence-electron chi connectivity index (χ1n) is 7.07. The number of ether oxygens (including phenoxy) is 1. The first-order valence-corrected chi connectivity index (χ1v) is 7.07.